The number of cyclic esters (lactones) is 1. The number of ketones is 1. The summed E-state index contributed by atoms with van der Waals surface area (Å²) < 4.78 is 17.7. The first-order valence-corrected chi connectivity index (χ1v) is 34.8. The molecule has 1 heterocycles. The molecule has 10 amide bonds. The zero-order valence-corrected chi connectivity index (χ0v) is 63.6. The molecule has 1 fully saturated rings. The molecule has 0 saturated carbocycles. The Balaban J connectivity index is 3.06. The highest BCUT2D eigenvalue weighted by Crippen LogP contribution is 2.26. The van der Waals surface area contributed by atoms with Gasteiger partial charge in [-0.15, -0.1) is 0 Å². The van der Waals surface area contributed by atoms with E-state index in [1.165, 1.54) is 82.9 Å². The Morgan fingerprint density at radius 1 is 0.510 bits per heavy atom. The number of likely N-dealkylation sites (N-methyl/N-ethyl adjacent to an activating group) is 6. The van der Waals surface area contributed by atoms with Gasteiger partial charge >= 0.3 is 5.97 Å². The first-order chi connectivity index (χ1) is 45.5. The second-order valence-corrected chi connectivity index (χ2v) is 29.8. The number of hydrogen-bond acceptors (Lipinski definition) is 16. The van der Waals surface area contributed by atoms with Crippen molar-refractivity contribution in [2.45, 2.75) is 235 Å². The number of nitrogens with zero attached hydrogens (tertiary/aromatic N) is 6. The van der Waals surface area contributed by atoms with E-state index in [1.54, 1.807) is 41.7 Å². The number of ether oxygens (including phenoxy) is 3. The zero-order chi connectivity index (χ0) is 75.1. The van der Waals surface area contributed by atoms with Gasteiger partial charge in [-0.1, -0.05) is 134 Å². The van der Waals surface area contributed by atoms with Crippen LogP contribution in [0, 0.1) is 47.3 Å². The Labute approximate surface area is 584 Å². The van der Waals surface area contributed by atoms with Crippen molar-refractivity contribution in [3.63, 3.8) is 0 Å². The molecule has 2 rings (SSSR count). The maximum atomic E-state index is 15.6. The molecule has 0 radical (unpaired) electrons. The normalized spacial score (nSPS) is 25.3. The fourth-order valence-corrected chi connectivity index (χ4v) is 12.3. The molecule has 13 atom stereocenters. The number of rotatable bonds is 21. The third kappa shape index (κ3) is 26.2. The number of benzene rings is 1. The average Bonchev–Trinajstić information content (AvgIpc) is 0.806. The summed E-state index contributed by atoms with van der Waals surface area (Å²) in [7, 11) is 11.2. The molecule has 1 aromatic rings. The number of amides is 10. The van der Waals surface area contributed by atoms with E-state index in [2.05, 4.69) is 26.6 Å². The lowest BCUT2D eigenvalue weighted by Gasteiger charge is -2.41. The molecular formula is C72H123N11O15. The fraction of sp³-hybridized carbons (Fsp3) is 0.750. The highest BCUT2D eigenvalue weighted by Gasteiger charge is 2.46. The second-order valence-electron chi connectivity index (χ2n) is 29.8. The molecule has 1 saturated heterocycles. The molecule has 556 valence electrons. The maximum Gasteiger partial charge on any atom is 0.329 e. The molecule has 0 unspecified atom stereocenters. The number of Topliss-reactive ketones (excluding diaryl/α,β-unsaturated/α-hetero) is 1. The molecule has 0 bridgehead atoms. The number of hydrogen-bond donors (Lipinski definition) is 5. The van der Waals surface area contributed by atoms with Crippen LogP contribution in [0.3, 0.4) is 0 Å². The fourth-order valence-electron chi connectivity index (χ4n) is 12.3. The van der Waals surface area contributed by atoms with E-state index in [9.17, 15) is 43.2 Å². The first-order valence-electron chi connectivity index (χ1n) is 34.8. The van der Waals surface area contributed by atoms with Crippen LogP contribution >= 0.6 is 0 Å². The summed E-state index contributed by atoms with van der Waals surface area (Å²) in [4.78, 5) is 184. The lowest BCUT2D eigenvalue weighted by molar-refractivity contribution is -0.166. The van der Waals surface area contributed by atoms with Gasteiger partial charge in [-0.3, -0.25) is 57.6 Å². The van der Waals surface area contributed by atoms with E-state index < -0.39 is 168 Å². The summed E-state index contributed by atoms with van der Waals surface area (Å²) in [6.45, 7) is 29.3. The third-order valence-corrected chi connectivity index (χ3v) is 17.9. The summed E-state index contributed by atoms with van der Waals surface area (Å²) in [5, 5.41) is 14.3. The van der Waals surface area contributed by atoms with Crippen molar-refractivity contribution in [1.82, 2.24) is 56.0 Å². The number of methoxy groups -OCH3 is 2. The van der Waals surface area contributed by atoms with E-state index in [0.717, 1.165) is 15.4 Å². The lowest BCUT2D eigenvalue weighted by Crippen LogP contribution is -2.64. The van der Waals surface area contributed by atoms with E-state index in [4.69, 9.17) is 14.2 Å². The van der Waals surface area contributed by atoms with Gasteiger partial charge in [-0.05, 0) is 106 Å². The highest BCUT2D eigenvalue weighted by atomic mass is 16.6. The topological polar surface area (TPSA) is 312 Å². The number of nitrogens with one attached hydrogen (secondary N) is 5. The Hall–Kier alpha value is -7.06. The van der Waals surface area contributed by atoms with E-state index in [-0.39, 0.29) is 81.2 Å². The summed E-state index contributed by atoms with van der Waals surface area (Å²) in [6, 6.07) is -2.39. The number of carbonyl (C=O) groups excluding carboxylic acids is 12. The van der Waals surface area contributed by atoms with Gasteiger partial charge in [0.05, 0.1) is 31.3 Å². The van der Waals surface area contributed by atoms with E-state index in [1.807, 2.05) is 99.6 Å². The monoisotopic (exact) mass is 1380 g/mol. The van der Waals surface area contributed by atoms with Crippen molar-refractivity contribution in [3.8, 4) is 0 Å². The Morgan fingerprint density at radius 3 is 1.42 bits per heavy atom. The molecule has 98 heavy (non-hydrogen) atoms. The molecule has 26 heteroatoms. The second kappa shape index (κ2) is 40.9. The summed E-state index contributed by atoms with van der Waals surface area (Å²) >= 11 is 0. The van der Waals surface area contributed by atoms with Crippen LogP contribution < -0.4 is 26.6 Å². The van der Waals surface area contributed by atoms with Crippen molar-refractivity contribution >= 4 is 70.8 Å². The average molecular weight is 1380 g/mol. The molecule has 5 N–H and O–H groups in total. The molecule has 26 nitrogen and oxygen atoms in total. The maximum absolute atomic E-state index is 15.6. The van der Waals surface area contributed by atoms with Crippen LogP contribution in [0.2, 0.25) is 0 Å². The van der Waals surface area contributed by atoms with Crippen molar-refractivity contribution in [2.75, 3.05) is 69.6 Å². The number of carbonyl (C=O) groups is 12. The van der Waals surface area contributed by atoms with E-state index >= 15 is 14.4 Å². The summed E-state index contributed by atoms with van der Waals surface area (Å²) in [5.74, 6) is -11.2. The molecule has 0 aliphatic carbocycles. The van der Waals surface area contributed by atoms with Crippen molar-refractivity contribution in [3.05, 3.63) is 35.9 Å². The summed E-state index contributed by atoms with van der Waals surface area (Å²) in [6.07, 6.45) is -3.27. The minimum absolute atomic E-state index is 0.0753. The molecular weight excluding hydrogens is 1260 g/mol. The molecule has 0 aromatic heterocycles. The van der Waals surface area contributed by atoms with Crippen LogP contribution in [0.4, 0.5) is 0 Å². The minimum Gasteiger partial charge on any atom is -0.450 e. The van der Waals surface area contributed by atoms with Crippen molar-refractivity contribution in [2.24, 2.45) is 47.3 Å². The highest BCUT2D eigenvalue weighted by molar-refractivity contribution is 5.99. The van der Waals surface area contributed by atoms with Crippen LogP contribution in [0.1, 0.15) is 162 Å². The van der Waals surface area contributed by atoms with Gasteiger partial charge in [0.25, 0.3) is 5.91 Å². The predicted molar refractivity (Wildman–Crippen MR) is 375 cm³/mol. The van der Waals surface area contributed by atoms with Gasteiger partial charge in [0.1, 0.15) is 48.3 Å². The Morgan fingerprint density at radius 2 is 0.959 bits per heavy atom. The van der Waals surface area contributed by atoms with Gasteiger partial charge < -0.3 is 65.3 Å². The lowest BCUT2D eigenvalue weighted by atomic mass is 9.91. The molecule has 1 aliphatic rings. The van der Waals surface area contributed by atoms with Gasteiger partial charge in [0, 0.05) is 62.4 Å². The predicted octanol–water partition coefficient (Wildman–Crippen LogP) is 4.44. The smallest absolute Gasteiger partial charge is 0.329 e. The third-order valence-electron chi connectivity index (χ3n) is 17.9. The Bertz CT molecular complexity index is 2820. The zero-order valence-electron chi connectivity index (χ0n) is 63.6. The van der Waals surface area contributed by atoms with Gasteiger partial charge in [0.15, 0.2) is 11.9 Å². The van der Waals surface area contributed by atoms with Gasteiger partial charge in [-0.25, -0.2) is 4.79 Å². The van der Waals surface area contributed by atoms with Crippen LogP contribution in [-0.2, 0) is 78.3 Å². The van der Waals surface area contributed by atoms with Crippen molar-refractivity contribution < 1.29 is 71.7 Å². The molecule has 1 aliphatic heterocycles. The van der Waals surface area contributed by atoms with E-state index in [0.29, 0.717) is 0 Å². The van der Waals surface area contributed by atoms with Gasteiger partial charge in [-0.2, -0.15) is 0 Å². The van der Waals surface area contributed by atoms with Crippen LogP contribution in [0.25, 0.3) is 0 Å². The first kappa shape index (κ1) is 87.0. The SMILES string of the molecule is CO[C@H]([C@H](C)CC(=O)NCc1ccccc1)[C@@H]1C(=O)N[C@H]([C@@H](C)OC)C(=O)N(C)CC(=O)CN(C)[C@@H](CC(C)C)C(=O)N[C@H](CC(C)C)C(=O)N(C)[C@H](CC(C)C)C(=O)N[C@H](C)C(=O)O[C@@H](C(C)C)C(=O)N(C)[C@H](CC(C)C)C(=O)N[C@H](CC(C)C)C(=O)N(C)[C@H](C(C)C)C(=O)N1C. The quantitative estimate of drug-likeness (QED) is 0.106. The summed E-state index contributed by atoms with van der Waals surface area (Å²) in [5.41, 5.74) is 0.836. The molecule has 0 spiro atoms. The van der Waals surface area contributed by atoms with Crippen molar-refractivity contribution in [1.29, 1.82) is 0 Å². The molecule has 1 aromatic carbocycles. The largest absolute Gasteiger partial charge is 0.450 e. The van der Waals surface area contributed by atoms with Crippen LogP contribution in [-0.4, -0.2) is 243 Å². The van der Waals surface area contributed by atoms with Crippen LogP contribution in [0.5, 0.6) is 0 Å². The Kier molecular flexibility index (Phi) is 36.3. The number of esters is 1. The minimum atomic E-state index is -1.62. The van der Waals surface area contributed by atoms with Gasteiger partial charge in [0.2, 0.25) is 53.2 Å². The van der Waals surface area contributed by atoms with Crippen LogP contribution in [0.15, 0.2) is 30.3 Å². The standard InChI is InChI=1S/C72H123N11O15/c1-40(2)31-52-67(90)80(20)55(34-43(7)8)64(87)74-48(16)72(95)98-61(46(13)14)71(94)81(21)56(35-44(9)10)65(88)76-53(32-41(3)4)68(91)82(22)59(45(11)12)70(93)83(23)60(62(97-25)47(15)36-57(85)73-37-50-29-27-26-28-30-50)66(89)77-58(49(17)96-24)69(92)79(19)39-51(84)38-78(18)54(33-42(5)6)63(86)75-52/h26-30,40-49,52-56,58-62H,31-39H2,1-25H3,(H,73,85)(H,74,87)(H,75,86)(H,76,88)(H,77,89)/t47-,48-,49-,52-,53-,54+,55-,56-,58-,59-,60-,61+,62-/m1/s1.